The monoisotopic (exact) mass is 452 g/mol. The van der Waals surface area contributed by atoms with Crippen molar-refractivity contribution >= 4 is 28.4 Å². The van der Waals surface area contributed by atoms with Crippen LogP contribution in [-0.4, -0.2) is 6.04 Å². The highest BCUT2D eigenvalue weighted by atomic mass is 15.2. The zero-order chi connectivity index (χ0) is 23.6. The van der Waals surface area contributed by atoms with Gasteiger partial charge in [-0.3, -0.25) is 0 Å². The van der Waals surface area contributed by atoms with Gasteiger partial charge < -0.3 is 9.80 Å². The first-order valence-corrected chi connectivity index (χ1v) is 12.5. The molecule has 1 unspecified atom stereocenters. The smallest absolute Gasteiger partial charge is 0.0629 e. The molecular weight excluding hydrogens is 424 g/mol. The highest BCUT2D eigenvalue weighted by molar-refractivity contribution is 5.87. The first-order valence-electron chi connectivity index (χ1n) is 12.5. The molecule has 2 atom stereocenters. The first-order chi connectivity index (χ1) is 17.1. The normalized spacial score (nSPS) is 20.7. The fourth-order valence-corrected chi connectivity index (χ4v) is 6.32. The molecule has 4 aromatic rings. The van der Waals surface area contributed by atoms with E-state index in [0.29, 0.717) is 12.0 Å². The molecule has 2 heterocycles. The fraction of sp³-hybridized carbons (Fsp3) is 0.152. The van der Waals surface area contributed by atoms with E-state index in [1.165, 1.54) is 45.1 Å². The number of rotatable bonds is 2. The van der Waals surface area contributed by atoms with Gasteiger partial charge in [-0.05, 0) is 53.1 Å². The molecule has 0 saturated heterocycles. The minimum atomic E-state index is -0.0539. The van der Waals surface area contributed by atoms with Crippen molar-refractivity contribution in [3.05, 3.63) is 138 Å². The molecule has 3 aliphatic rings. The van der Waals surface area contributed by atoms with Crippen molar-refractivity contribution in [2.45, 2.75) is 31.2 Å². The number of nitrogens with zero attached hydrogens (tertiary/aromatic N) is 2. The van der Waals surface area contributed by atoms with E-state index in [0.717, 1.165) is 0 Å². The van der Waals surface area contributed by atoms with Crippen molar-refractivity contribution in [3.63, 3.8) is 0 Å². The zero-order valence-corrected chi connectivity index (χ0v) is 20.1. The lowest BCUT2D eigenvalue weighted by atomic mass is 9.73. The number of fused-ring (bicyclic) bond motifs is 5. The summed E-state index contributed by atoms with van der Waals surface area (Å²) in [5, 5.41) is 0. The van der Waals surface area contributed by atoms with Gasteiger partial charge in [-0.15, -0.1) is 0 Å². The third-order valence-corrected chi connectivity index (χ3v) is 7.96. The second-order valence-corrected chi connectivity index (χ2v) is 10.2. The van der Waals surface area contributed by atoms with Crippen LogP contribution in [0.3, 0.4) is 0 Å². The number of anilines is 5. The Kier molecular flexibility index (Phi) is 4.35. The van der Waals surface area contributed by atoms with Gasteiger partial charge in [-0.1, -0.05) is 98.8 Å². The van der Waals surface area contributed by atoms with Crippen molar-refractivity contribution in [1.29, 1.82) is 0 Å². The molecule has 0 aromatic heterocycles. The van der Waals surface area contributed by atoms with Crippen molar-refractivity contribution < 1.29 is 0 Å². The molecular formula is C33H28N2. The third-order valence-electron chi connectivity index (χ3n) is 7.96. The van der Waals surface area contributed by atoms with E-state index < -0.39 is 0 Å². The second kappa shape index (κ2) is 7.48. The van der Waals surface area contributed by atoms with Gasteiger partial charge in [0.2, 0.25) is 0 Å². The Balaban J connectivity index is 1.40. The summed E-state index contributed by atoms with van der Waals surface area (Å²) in [6, 6.07) is 35.9. The van der Waals surface area contributed by atoms with Crippen LogP contribution in [0.4, 0.5) is 28.4 Å². The quantitative estimate of drug-likeness (QED) is 0.301. The van der Waals surface area contributed by atoms with Crippen molar-refractivity contribution in [2.24, 2.45) is 0 Å². The second-order valence-electron chi connectivity index (χ2n) is 10.2. The van der Waals surface area contributed by atoms with Crippen LogP contribution < -0.4 is 9.80 Å². The van der Waals surface area contributed by atoms with Crippen LogP contribution in [0.2, 0.25) is 0 Å². The van der Waals surface area contributed by atoms with Crippen LogP contribution in [-0.2, 0) is 5.41 Å². The summed E-state index contributed by atoms with van der Waals surface area (Å²) in [5.74, 6) is 0.386. The average molecular weight is 453 g/mol. The molecule has 0 saturated carbocycles. The average Bonchev–Trinajstić information content (AvgIpc) is 3.24. The zero-order valence-electron chi connectivity index (χ0n) is 20.1. The van der Waals surface area contributed by atoms with Crippen LogP contribution in [0, 0.1) is 0 Å². The van der Waals surface area contributed by atoms with Gasteiger partial charge in [0.15, 0.2) is 0 Å². The van der Waals surface area contributed by atoms with E-state index in [9.17, 15) is 0 Å². The molecule has 0 fully saturated rings. The van der Waals surface area contributed by atoms with Gasteiger partial charge in [-0.2, -0.15) is 0 Å². The number of allylic oxidation sites excluding steroid dienone is 2. The summed E-state index contributed by atoms with van der Waals surface area (Å²) in [7, 11) is 0. The summed E-state index contributed by atoms with van der Waals surface area (Å²) >= 11 is 0. The van der Waals surface area contributed by atoms with Gasteiger partial charge in [-0.25, -0.2) is 0 Å². The lowest BCUT2D eigenvalue weighted by Gasteiger charge is -2.42. The summed E-state index contributed by atoms with van der Waals surface area (Å²) in [6.45, 7) is 4.67. The molecule has 2 nitrogen and oxygen atoms in total. The largest absolute Gasteiger partial charge is 0.333 e. The van der Waals surface area contributed by atoms with Gasteiger partial charge in [0.05, 0.1) is 17.4 Å². The lowest BCUT2D eigenvalue weighted by molar-refractivity contribution is 0.632. The van der Waals surface area contributed by atoms with E-state index in [1.54, 1.807) is 0 Å². The van der Waals surface area contributed by atoms with E-state index in [-0.39, 0.29) is 5.41 Å². The summed E-state index contributed by atoms with van der Waals surface area (Å²) in [4.78, 5) is 4.95. The molecule has 1 aliphatic carbocycles. The van der Waals surface area contributed by atoms with Crippen molar-refractivity contribution in [2.75, 3.05) is 9.80 Å². The number of para-hydroxylation sites is 3. The summed E-state index contributed by atoms with van der Waals surface area (Å²) in [6.07, 6.45) is 9.04. The van der Waals surface area contributed by atoms with E-state index in [2.05, 4.69) is 145 Å². The van der Waals surface area contributed by atoms with Crippen molar-refractivity contribution in [1.82, 2.24) is 0 Å². The minimum absolute atomic E-state index is 0.0539. The molecule has 2 heteroatoms. The predicted molar refractivity (Wildman–Crippen MR) is 147 cm³/mol. The standard InChI is InChI=1S/C33H28N2/c1-33(2)27-16-5-9-20-31(27)35(32-21-10-6-17-28(32)33)24-13-11-12-23(22-24)34-29-18-7-3-14-25(29)26-15-4-8-19-30(26)34/h3-22,25,29H,1-2H3/t25-,29?/m0/s1. The number of benzene rings is 4. The maximum atomic E-state index is 2.51. The highest BCUT2D eigenvalue weighted by Crippen LogP contribution is 2.53. The number of hydrogen-bond acceptors (Lipinski definition) is 2. The maximum Gasteiger partial charge on any atom is 0.0629 e. The van der Waals surface area contributed by atoms with Crippen LogP contribution >= 0.6 is 0 Å². The fourth-order valence-electron chi connectivity index (χ4n) is 6.32. The predicted octanol–water partition coefficient (Wildman–Crippen LogP) is 8.53. The van der Waals surface area contributed by atoms with Gasteiger partial charge in [0.1, 0.15) is 0 Å². The lowest BCUT2D eigenvalue weighted by Crippen LogP contribution is -2.31. The van der Waals surface area contributed by atoms with Crippen LogP contribution in [0.5, 0.6) is 0 Å². The minimum Gasteiger partial charge on any atom is -0.333 e. The third kappa shape index (κ3) is 2.89. The molecule has 170 valence electrons. The summed E-state index contributed by atoms with van der Waals surface area (Å²) < 4.78 is 0. The highest BCUT2D eigenvalue weighted by Gasteiger charge is 2.39. The molecule has 7 rings (SSSR count). The molecule has 0 spiro atoms. The molecule has 0 N–H and O–H groups in total. The Morgan fingerprint density at radius 1 is 0.600 bits per heavy atom. The van der Waals surface area contributed by atoms with E-state index in [4.69, 9.17) is 0 Å². The van der Waals surface area contributed by atoms with Gasteiger partial charge >= 0.3 is 0 Å². The van der Waals surface area contributed by atoms with Gasteiger partial charge in [0, 0.05) is 28.4 Å². The van der Waals surface area contributed by atoms with Crippen molar-refractivity contribution in [3.8, 4) is 0 Å². The Morgan fingerprint density at radius 2 is 1.20 bits per heavy atom. The van der Waals surface area contributed by atoms with Crippen LogP contribution in [0.1, 0.15) is 36.5 Å². The Labute approximate surface area is 207 Å². The van der Waals surface area contributed by atoms with E-state index >= 15 is 0 Å². The maximum absolute atomic E-state index is 2.51. The van der Waals surface area contributed by atoms with Crippen LogP contribution in [0.25, 0.3) is 0 Å². The Bertz CT molecular complexity index is 1460. The Morgan fingerprint density at radius 3 is 1.94 bits per heavy atom. The van der Waals surface area contributed by atoms with Gasteiger partial charge in [0.25, 0.3) is 0 Å². The molecule has 0 radical (unpaired) electrons. The SMILES string of the molecule is CC1(C)c2ccccc2N(c2cccc(N3c4ccccc4[C@@H]4C=CC=CC43)c2)c2ccccc21. The molecule has 0 amide bonds. The summed E-state index contributed by atoms with van der Waals surface area (Å²) in [5.41, 5.74) is 10.3. The molecule has 35 heavy (non-hydrogen) atoms. The van der Waals surface area contributed by atoms with Crippen LogP contribution in [0.15, 0.2) is 121 Å². The Hall–Kier alpha value is -4.04. The first kappa shape index (κ1) is 20.3. The number of hydrogen-bond donors (Lipinski definition) is 0. The molecule has 4 aromatic carbocycles. The topological polar surface area (TPSA) is 6.48 Å². The van der Waals surface area contributed by atoms with E-state index in [1.807, 2.05) is 0 Å². The molecule has 2 aliphatic heterocycles. The molecule has 0 bridgehead atoms.